The lowest BCUT2D eigenvalue weighted by Crippen LogP contribution is -2.49. The van der Waals surface area contributed by atoms with E-state index in [9.17, 15) is 8.42 Å². The lowest BCUT2D eigenvalue weighted by Gasteiger charge is -2.34. The van der Waals surface area contributed by atoms with E-state index in [-0.39, 0.29) is 4.90 Å². The summed E-state index contributed by atoms with van der Waals surface area (Å²) in [7, 11) is -1.81. The molecule has 1 fully saturated rings. The highest BCUT2D eigenvalue weighted by molar-refractivity contribution is 7.89. The lowest BCUT2D eigenvalue weighted by atomic mass is 10.2. The van der Waals surface area contributed by atoms with Crippen molar-refractivity contribution in [2.24, 2.45) is 7.05 Å². The number of hydrogen-bond acceptors (Lipinski definition) is 7. The Morgan fingerprint density at radius 1 is 1.00 bits per heavy atom. The Bertz CT molecular complexity index is 1360. The second-order valence-electron chi connectivity index (χ2n) is 7.43. The van der Waals surface area contributed by atoms with E-state index < -0.39 is 10.0 Å². The molecule has 0 saturated carbocycles. The van der Waals surface area contributed by atoms with E-state index in [1.165, 1.54) is 10.6 Å². The molecule has 30 heavy (non-hydrogen) atoms. The molecule has 1 aliphatic heterocycles. The van der Waals surface area contributed by atoms with Crippen molar-refractivity contribution in [3.05, 3.63) is 48.5 Å². The molecule has 5 rings (SSSR count). The number of pyridine rings is 1. The number of para-hydroxylation sites is 1. The van der Waals surface area contributed by atoms with Crippen LogP contribution < -0.4 is 4.90 Å². The van der Waals surface area contributed by atoms with Gasteiger partial charge in [-0.25, -0.2) is 18.4 Å². The van der Waals surface area contributed by atoms with Crippen LogP contribution in [0.4, 0.5) is 5.82 Å². The van der Waals surface area contributed by atoms with Gasteiger partial charge >= 0.3 is 0 Å². The lowest BCUT2D eigenvalue weighted by molar-refractivity contribution is 0.384. The molecule has 0 aliphatic carbocycles. The highest BCUT2D eigenvalue weighted by Gasteiger charge is 2.31. The molecule has 1 saturated heterocycles. The zero-order chi connectivity index (χ0) is 20.9. The van der Waals surface area contributed by atoms with E-state index in [1.54, 1.807) is 29.2 Å². The second kappa shape index (κ2) is 6.99. The first kappa shape index (κ1) is 18.9. The summed E-state index contributed by atoms with van der Waals surface area (Å²) >= 11 is 0. The monoisotopic (exact) mass is 423 g/mol. The number of fused-ring (bicyclic) bond motifs is 2. The first-order valence-corrected chi connectivity index (χ1v) is 11.1. The maximum Gasteiger partial charge on any atom is 0.245 e. The Hall–Kier alpha value is -3.11. The first-order chi connectivity index (χ1) is 14.4. The summed E-state index contributed by atoms with van der Waals surface area (Å²) in [6.07, 6.45) is 4.97. The van der Waals surface area contributed by atoms with Crippen molar-refractivity contribution < 1.29 is 8.42 Å². The quantitative estimate of drug-likeness (QED) is 0.495. The van der Waals surface area contributed by atoms with E-state index in [4.69, 9.17) is 0 Å². The van der Waals surface area contributed by atoms with E-state index in [0.29, 0.717) is 31.7 Å². The summed E-state index contributed by atoms with van der Waals surface area (Å²) in [6, 6.07) is 7.25. The van der Waals surface area contributed by atoms with Gasteiger partial charge < -0.3 is 4.90 Å². The van der Waals surface area contributed by atoms with E-state index in [0.717, 1.165) is 27.8 Å². The van der Waals surface area contributed by atoms with Crippen molar-refractivity contribution in [1.29, 1.82) is 0 Å². The number of piperazine rings is 1. The molecule has 9 nitrogen and oxygen atoms in total. The van der Waals surface area contributed by atoms with Gasteiger partial charge in [-0.15, -0.1) is 0 Å². The fourth-order valence-electron chi connectivity index (χ4n) is 3.93. The zero-order valence-electron chi connectivity index (χ0n) is 16.7. The third kappa shape index (κ3) is 2.99. The summed E-state index contributed by atoms with van der Waals surface area (Å²) in [6.45, 7) is 3.76. The number of anilines is 1. The van der Waals surface area contributed by atoms with Gasteiger partial charge in [0.1, 0.15) is 17.0 Å². The maximum absolute atomic E-state index is 13.4. The van der Waals surface area contributed by atoms with Gasteiger partial charge in [0.2, 0.25) is 10.0 Å². The number of benzene rings is 1. The molecule has 1 aromatic carbocycles. The molecule has 3 aromatic heterocycles. The fraction of sp³-hybridized carbons (Fsp3) is 0.300. The Balaban J connectivity index is 1.43. The fourth-order valence-corrected chi connectivity index (χ4v) is 5.52. The van der Waals surface area contributed by atoms with E-state index >= 15 is 0 Å². The highest BCUT2D eigenvalue weighted by atomic mass is 32.2. The molecule has 0 unspecified atom stereocenters. The molecular weight excluding hydrogens is 402 g/mol. The van der Waals surface area contributed by atoms with E-state index in [1.807, 2.05) is 26.1 Å². The second-order valence-corrected chi connectivity index (χ2v) is 9.34. The number of aromatic nitrogens is 5. The first-order valence-electron chi connectivity index (χ1n) is 9.68. The topological polar surface area (TPSA) is 97.1 Å². The number of nitrogens with zero attached hydrogens (tertiary/aromatic N) is 7. The zero-order valence-corrected chi connectivity index (χ0v) is 17.5. The normalized spacial score (nSPS) is 15.9. The molecule has 0 atom stereocenters. The van der Waals surface area contributed by atoms with Gasteiger partial charge in [-0.1, -0.05) is 12.1 Å². The van der Waals surface area contributed by atoms with Crippen LogP contribution in [0, 0.1) is 6.92 Å². The summed E-state index contributed by atoms with van der Waals surface area (Å²) in [4.78, 5) is 15.4. The minimum atomic E-state index is -3.65. The Kier molecular flexibility index (Phi) is 4.40. The van der Waals surface area contributed by atoms with Crippen molar-refractivity contribution in [1.82, 2.24) is 29.0 Å². The van der Waals surface area contributed by atoms with E-state index in [2.05, 4.69) is 25.0 Å². The van der Waals surface area contributed by atoms with Gasteiger partial charge in [0.05, 0.1) is 17.1 Å². The minimum Gasteiger partial charge on any atom is -0.353 e. The summed E-state index contributed by atoms with van der Waals surface area (Å²) < 4.78 is 30.0. The smallest absolute Gasteiger partial charge is 0.245 e. The number of hydrogen-bond donors (Lipinski definition) is 0. The number of sulfonamides is 1. The molecule has 1 aliphatic rings. The van der Waals surface area contributed by atoms with Crippen molar-refractivity contribution >= 4 is 37.8 Å². The third-order valence-corrected chi connectivity index (χ3v) is 7.41. The molecule has 0 radical (unpaired) electrons. The molecule has 4 aromatic rings. The average Bonchev–Trinajstić information content (AvgIpc) is 3.14. The van der Waals surface area contributed by atoms with Crippen LogP contribution in [0.1, 0.15) is 5.56 Å². The average molecular weight is 424 g/mol. The molecule has 0 N–H and O–H groups in total. The molecule has 0 bridgehead atoms. The van der Waals surface area contributed by atoms with Crippen LogP contribution in [0.25, 0.3) is 21.9 Å². The third-order valence-electron chi connectivity index (χ3n) is 5.48. The molecular formula is C20H21N7O2S. The van der Waals surface area contributed by atoms with Gasteiger partial charge in [0.15, 0.2) is 5.65 Å². The summed E-state index contributed by atoms with van der Waals surface area (Å²) in [5, 5.41) is 5.95. The van der Waals surface area contributed by atoms with Gasteiger partial charge in [-0.05, 0) is 24.6 Å². The van der Waals surface area contributed by atoms with Crippen molar-refractivity contribution in [2.75, 3.05) is 31.1 Å². The van der Waals surface area contributed by atoms with Gasteiger partial charge in [0, 0.05) is 44.8 Å². The summed E-state index contributed by atoms with van der Waals surface area (Å²) in [5.41, 5.74) is 2.27. The van der Waals surface area contributed by atoms with Crippen molar-refractivity contribution in [3.63, 3.8) is 0 Å². The van der Waals surface area contributed by atoms with Gasteiger partial charge in [0.25, 0.3) is 0 Å². The van der Waals surface area contributed by atoms with Crippen LogP contribution in [0.15, 0.2) is 47.9 Å². The van der Waals surface area contributed by atoms with Crippen LogP contribution in [-0.2, 0) is 17.1 Å². The van der Waals surface area contributed by atoms with Crippen molar-refractivity contribution in [3.8, 4) is 0 Å². The molecule has 154 valence electrons. The van der Waals surface area contributed by atoms with Crippen LogP contribution in [0.5, 0.6) is 0 Å². The predicted octanol–water partition coefficient (Wildman–Crippen LogP) is 1.73. The summed E-state index contributed by atoms with van der Waals surface area (Å²) in [5.74, 6) is 0.785. The van der Waals surface area contributed by atoms with Crippen LogP contribution in [0.2, 0.25) is 0 Å². The molecule has 4 heterocycles. The SMILES string of the molecule is Cc1cnc2c(S(=O)(=O)N3CCN(c4ncnc5c4cnn5C)CC3)cccc2c1. The van der Waals surface area contributed by atoms with Crippen LogP contribution >= 0.6 is 0 Å². The van der Waals surface area contributed by atoms with Crippen LogP contribution in [0.3, 0.4) is 0 Å². The minimum absolute atomic E-state index is 0.255. The molecule has 10 heteroatoms. The Labute approximate surface area is 174 Å². The number of aryl methyl sites for hydroxylation is 2. The van der Waals surface area contributed by atoms with Crippen LogP contribution in [-0.4, -0.2) is 63.6 Å². The highest BCUT2D eigenvalue weighted by Crippen LogP contribution is 2.28. The number of rotatable bonds is 3. The standard InChI is InChI=1S/C20H21N7O2S/c1-14-10-15-4-3-5-17(18(15)21-11-14)30(28,29)27-8-6-26(7-9-27)20-16-12-24-25(2)19(16)22-13-23-20/h3-5,10-13H,6-9H2,1-2H3. The predicted molar refractivity (Wildman–Crippen MR) is 114 cm³/mol. The van der Waals surface area contributed by atoms with Gasteiger partial charge in [-0.3, -0.25) is 9.67 Å². The van der Waals surface area contributed by atoms with Gasteiger partial charge in [-0.2, -0.15) is 9.40 Å². The molecule has 0 spiro atoms. The van der Waals surface area contributed by atoms with Crippen molar-refractivity contribution in [2.45, 2.75) is 11.8 Å². The maximum atomic E-state index is 13.4. The molecule has 0 amide bonds. The Morgan fingerprint density at radius 2 is 1.80 bits per heavy atom. The Morgan fingerprint density at radius 3 is 2.60 bits per heavy atom. The largest absolute Gasteiger partial charge is 0.353 e.